The molecule has 1 unspecified atom stereocenters. The maximum atomic E-state index is 11.9. The molecule has 0 bridgehead atoms. The van der Waals surface area contributed by atoms with Crippen molar-refractivity contribution in [1.29, 1.82) is 0 Å². The number of benzene rings is 2. The molecule has 1 aliphatic rings. The summed E-state index contributed by atoms with van der Waals surface area (Å²) in [5.41, 5.74) is 2.33. The lowest BCUT2D eigenvalue weighted by molar-refractivity contribution is -0.120. The number of carbonyl (C=O) groups excluding carboxylic acids is 2. The number of ether oxygens (including phenoxy) is 1. The Kier molecular flexibility index (Phi) is 5.08. The number of carbonyl (C=O) groups is 2. The molecule has 28 heavy (non-hydrogen) atoms. The Balaban J connectivity index is 1.41. The number of aryl methyl sites for hydroxylation is 1. The van der Waals surface area contributed by atoms with Crippen LogP contribution >= 0.6 is 11.8 Å². The lowest BCUT2D eigenvalue weighted by Crippen LogP contribution is -2.22. The summed E-state index contributed by atoms with van der Waals surface area (Å²) in [5.74, 6) is 0.788. The second kappa shape index (κ2) is 7.82. The summed E-state index contributed by atoms with van der Waals surface area (Å²) >= 11 is 1.46. The fourth-order valence-electron chi connectivity index (χ4n) is 2.90. The summed E-state index contributed by atoms with van der Waals surface area (Å²) in [7, 11) is 0. The largest absolute Gasteiger partial charge is 0.489 e. The number of furan rings is 1. The van der Waals surface area contributed by atoms with E-state index in [1.54, 1.807) is 6.07 Å². The first-order valence-corrected chi connectivity index (χ1v) is 9.55. The molecule has 142 valence electrons. The molecule has 1 saturated heterocycles. The first kappa shape index (κ1) is 18.2. The van der Waals surface area contributed by atoms with E-state index in [4.69, 9.17) is 9.15 Å². The maximum Gasteiger partial charge on any atom is 0.322 e. The number of rotatable bonds is 6. The number of urea groups is 1. The van der Waals surface area contributed by atoms with E-state index in [9.17, 15) is 9.59 Å². The average Bonchev–Trinajstić information content (AvgIpc) is 3.26. The Morgan fingerprint density at radius 3 is 2.64 bits per heavy atom. The normalized spacial score (nSPS) is 16.0. The molecule has 2 N–H and O–H groups in total. The van der Waals surface area contributed by atoms with Gasteiger partial charge in [0.1, 0.15) is 18.1 Å². The van der Waals surface area contributed by atoms with E-state index >= 15 is 0 Å². The van der Waals surface area contributed by atoms with Crippen LogP contribution in [-0.4, -0.2) is 11.9 Å². The van der Waals surface area contributed by atoms with E-state index in [1.807, 2.05) is 36.4 Å². The molecule has 7 heteroatoms. The molecule has 1 fully saturated rings. The van der Waals surface area contributed by atoms with Gasteiger partial charge >= 0.3 is 6.03 Å². The van der Waals surface area contributed by atoms with E-state index in [0.717, 1.165) is 21.1 Å². The Morgan fingerprint density at radius 1 is 1.11 bits per heavy atom. The minimum Gasteiger partial charge on any atom is -0.489 e. The van der Waals surface area contributed by atoms with E-state index in [1.165, 1.54) is 23.6 Å². The molecule has 0 radical (unpaired) electrons. The van der Waals surface area contributed by atoms with Crippen molar-refractivity contribution in [2.24, 2.45) is 0 Å². The van der Waals surface area contributed by atoms with Gasteiger partial charge in [-0.25, -0.2) is 4.79 Å². The molecule has 0 spiro atoms. The average molecular weight is 394 g/mol. The van der Waals surface area contributed by atoms with Crippen LogP contribution < -0.4 is 15.4 Å². The van der Waals surface area contributed by atoms with Gasteiger partial charge in [0.15, 0.2) is 6.04 Å². The first-order valence-electron chi connectivity index (χ1n) is 8.73. The highest BCUT2D eigenvalue weighted by atomic mass is 32.2. The molecule has 1 aromatic heterocycles. The van der Waals surface area contributed by atoms with Crippen LogP contribution in [0.4, 0.5) is 4.79 Å². The van der Waals surface area contributed by atoms with Crippen molar-refractivity contribution in [3.63, 3.8) is 0 Å². The third kappa shape index (κ3) is 4.04. The van der Waals surface area contributed by atoms with Gasteiger partial charge in [0, 0.05) is 4.90 Å². The van der Waals surface area contributed by atoms with Gasteiger partial charge in [-0.2, -0.15) is 0 Å². The molecule has 4 rings (SSSR count). The summed E-state index contributed by atoms with van der Waals surface area (Å²) in [6, 6.07) is 16.4. The van der Waals surface area contributed by atoms with E-state index in [2.05, 4.69) is 29.7 Å². The summed E-state index contributed by atoms with van der Waals surface area (Å²) in [5, 5.41) is 4.76. The van der Waals surface area contributed by atoms with Crippen LogP contribution in [0.25, 0.3) is 0 Å². The van der Waals surface area contributed by atoms with Crippen LogP contribution in [0.1, 0.15) is 22.9 Å². The highest BCUT2D eigenvalue weighted by Crippen LogP contribution is 2.35. The molecular weight excluding hydrogens is 376 g/mol. The molecular formula is C21H18N2O4S. The van der Waals surface area contributed by atoms with E-state index in [0.29, 0.717) is 12.4 Å². The summed E-state index contributed by atoms with van der Waals surface area (Å²) in [4.78, 5) is 24.9. The molecule has 2 heterocycles. The lowest BCUT2D eigenvalue weighted by atomic mass is 10.1. The highest BCUT2D eigenvalue weighted by molar-refractivity contribution is 7.99. The zero-order chi connectivity index (χ0) is 19.5. The number of nitrogens with one attached hydrogen (secondary N) is 2. The Labute approximate surface area is 166 Å². The van der Waals surface area contributed by atoms with E-state index < -0.39 is 18.0 Å². The predicted molar refractivity (Wildman–Crippen MR) is 104 cm³/mol. The number of imide groups is 1. The summed E-state index contributed by atoms with van der Waals surface area (Å²) in [6.07, 6.45) is 1.51. The molecule has 0 saturated carbocycles. The topological polar surface area (TPSA) is 80.6 Å². The minimum atomic E-state index is -0.804. The van der Waals surface area contributed by atoms with Gasteiger partial charge in [-0.3, -0.25) is 10.1 Å². The second-order valence-electron chi connectivity index (χ2n) is 6.40. The third-order valence-corrected chi connectivity index (χ3v) is 5.30. The van der Waals surface area contributed by atoms with Crippen molar-refractivity contribution in [3.8, 4) is 5.75 Å². The second-order valence-corrected chi connectivity index (χ2v) is 7.51. The zero-order valence-corrected chi connectivity index (χ0v) is 15.9. The quantitative estimate of drug-likeness (QED) is 0.613. The molecule has 0 aliphatic carbocycles. The molecule has 2 aromatic carbocycles. The number of hydrogen-bond donors (Lipinski definition) is 2. The highest BCUT2D eigenvalue weighted by Gasteiger charge is 2.35. The van der Waals surface area contributed by atoms with Crippen LogP contribution in [-0.2, 0) is 11.4 Å². The van der Waals surface area contributed by atoms with Crippen molar-refractivity contribution in [1.82, 2.24) is 10.6 Å². The van der Waals surface area contributed by atoms with Gasteiger partial charge in [-0.1, -0.05) is 41.6 Å². The Hall–Kier alpha value is -3.19. The Bertz CT molecular complexity index is 1010. The maximum absolute atomic E-state index is 11.9. The van der Waals surface area contributed by atoms with Gasteiger partial charge in [0.05, 0.1) is 11.2 Å². The van der Waals surface area contributed by atoms with E-state index in [-0.39, 0.29) is 0 Å². The van der Waals surface area contributed by atoms with Gasteiger partial charge in [0.25, 0.3) is 5.91 Å². The van der Waals surface area contributed by atoms with Crippen LogP contribution in [0.2, 0.25) is 0 Å². The monoisotopic (exact) mass is 394 g/mol. The van der Waals surface area contributed by atoms with Crippen molar-refractivity contribution < 1.29 is 18.7 Å². The Morgan fingerprint density at radius 2 is 1.93 bits per heavy atom. The minimum absolute atomic E-state index is 0.415. The van der Waals surface area contributed by atoms with Crippen molar-refractivity contribution in [3.05, 3.63) is 77.7 Å². The smallest absolute Gasteiger partial charge is 0.322 e. The molecule has 1 atom stereocenters. The van der Waals surface area contributed by atoms with Gasteiger partial charge in [-0.05, 0) is 42.8 Å². The van der Waals surface area contributed by atoms with Crippen LogP contribution in [0.5, 0.6) is 5.75 Å². The van der Waals surface area contributed by atoms with Crippen LogP contribution in [0, 0.1) is 6.92 Å². The standard InChI is InChI=1S/C21H18N2O4S/c1-13-3-2-4-14(11-13)12-27-15-5-7-16(8-6-15)28-17-9-10-26-19(17)18-20(24)23-21(25)22-18/h2-11,18H,12H2,1H3,(H2,22,23,24,25). The fraction of sp³-hybridized carbons (Fsp3) is 0.143. The summed E-state index contributed by atoms with van der Waals surface area (Å²) in [6.45, 7) is 2.57. The van der Waals surface area contributed by atoms with Crippen LogP contribution in [0.3, 0.4) is 0 Å². The number of hydrogen-bond acceptors (Lipinski definition) is 5. The molecule has 1 aliphatic heterocycles. The summed E-state index contributed by atoms with van der Waals surface area (Å²) < 4.78 is 11.3. The predicted octanol–water partition coefficient (Wildman–Crippen LogP) is 4.20. The zero-order valence-electron chi connectivity index (χ0n) is 15.1. The van der Waals surface area contributed by atoms with Gasteiger partial charge in [-0.15, -0.1) is 0 Å². The van der Waals surface area contributed by atoms with Crippen molar-refractivity contribution >= 4 is 23.7 Å². The first-order chi connectivity index (χ1) is 13.6. The molecule has 3 aromatic rings. The van der Waals surface area contributed by atoms with Crippen molar-refractivity contribution in [2.75, 3.05) is 0 Å². The third-order valence-electron chi connectivity index (χ3n) is 4.23. The van der Waals surface area contributed by atoms with Crippen molar-refractivity contribution in [2.45, 2.75) is 29.4 Å². The fourth-order valence-corrected chi connectivity index (χ4v) is 3.82. The van der Waals surface area contributed by atoms with Crippen LogP contribution in [0.15, 0.2) is 75.1 Å². The number of amides is 3. The lowest BCUT2D eigenvalue weighted by Gasteiger charge is -2.09. The SMILES string of the molecule is Cc1cccc(COc2ccc(Sc3ccoc3C3NC(=O)NC3=O)cc2)c1. The van der Waals surface area contributed by atoms with Gasteiger partial charge < -0.3 is 14.5 Å². The molecule has 3 amide bonds. The van der Waals surface area contributed by atoms with Gasteiger partial charge in [0.2, 0.25) is 0 Å². The molecule has 6 nitrogen and oxygen atoms in total.